The maximum atomic E-state index is 12.9. The minimum atomic E-state index is -2.91. The number of carbonyl (C=O) groups is 1. The molecule has 44 heavy (non-hydrogen) atoms. The van der Waals surface area contributed by atoms with E-state index in [2.05, 4.69) is 25.5 Å². The van der Waals surface area contributed by atoms with Crippen LogP contribution >= 0.6 is 0 Å². The van der Waals surface area contributed by atoms with Crippen LogP contribution in [-0.2, 0) is 21.2 Å². The Morgan fingerprint density at radius 2 is 1.93 bits per heavy atom. The Morgan fingerprint density at radius 1 is 1.09 bits per heavy atom. The van der Waals surface area contributed by atoms with Crippen molar-refractivity contribution in [2.45, 2.75) is 32.4 Å². The second-order valence-electron chi connectivity index (χ2n) is 11.3. The summed E-state index contributed by atoms with van der Waals surface area (Å²) in [4.78, 5) is 26.1. The summed E-state index contributed by atoms with van der Waals surface area (Å²) in [5.41, 5.74) is 2.30. The lowest BCUT2D eigenvalue weighted by Crippen LogP contribution is -2.43. The number of carbonyl (C=O) groups excluding carboxylic acids is 1. The summed E-state index contributed by atoms with van der Waals surface area (Å²) in [5.74, 6) is 3.23. The quantitative estimate of drug-likeness (QED) is 0.401. The van der Waals surface area contributed by atoms with Gasteiger partial charge in [0.2, 0.25) is 12.7 Å². The highest BCUT2D eigenvalue weighted by Gasteiger charge is 2.26. The molecule has 3 aromatic rings. The maximum absolute atomic E-state index is 12.9. The third-order valence-corrected chi connectivity index (χ3v) is 9.83. The Kier molecular flexibility index (Phi) is 8.91. The van der Waals surface area contributed by atoms with Crippen molar-refractivity contribution in [3.05, 3.63) is 36.2 Å². The highest BCUT2D eigenvalue weighted by molar-refractivity contribution is 7.91. The average molecular weight is 627 g/mol. The van der Waals surface area contributed by atoms with Gasteiger partial charge in [0, 0.05) is 44.2 Å². The van der Waals surface area contributed by atoms with Gasteiger partial charge in [0.15, 0.2) is 32.8 Å². The lowest BCUT2D eigenvalue weighted by molar-refractivity contribution is -0.125. The molecule has 6 rings (SSSR count). The summed E-state index contributed by atoms with van der Waals surface area (Å²) in [6, 6.07) is 7.20. The molecule has 0 unspecified atom stereocenters. The second-order valence-corrected chi connectivity index (χ2v) is 13.6. The number of nitrogens with one attached hydrogen (secondary N) is 2. The first kappa shape index (κ1) is 30.2. The molecule has 2 N–H and O–H groups in total. The monoisotopic (exact) mass is 626 g/mol. The molecule has 14 heteroatoms. The Labute approximate surface area is 256 Å². The van der Waals surface area contributed by atoms with E-state index in [0.29, 0.717) is 85.8 Å². The van der Waals surface area contributed by atoms with E-state index in [1.54, 1.807) is 0 Å². The molecule has 1 fully saturated rings. The van der Waals surface area contributed by atoms with Crippen LogP contribution < -0.4 is 29.6 Å². The summed E-state index contributed by atoms with van der Waals surface area (Å²) in [6.07, 6.45) is 2.84. The smallest absolute Gasteiger partial charge is 0.237 e. The number of aromatic nitrogens is 2. The summed E-state index contributed by atoms with van der Waals surface area (Å²) in [7, 11) is -0.999. The van der Waals surface area contributed by atoms with Gasteiger partial charge in [0.25, 0.3) is 0 Å². The van der Waals surface area contributed by atoms with Crippen LogP contribution in [0.5, 0.6) is 23.0 Å². The molecule has 1 aromatic heterocycles. The fourth-order valence-corrected chi connectivity index (χ4v) is 6.73. The normalized spacial score (nSPS) is 20.9. The first-order valence-corrected chi connectivity index (χ1v) is 16.7. The van der Waals surface area contributed by atoms with Crippen molar-refractivity contribution in [3.8, 4) is 23.0 Å². The molecular weight excluding hydrogens is 588 g/mol. The predicted octanol–water partition coefficient (Wildman–Crippen LogP) is 2.32. The molecule has 2 bridgehead atoms. The van der Waals surface area contributed by atoms with Crippen LogP contribution in [0.1, 0.15) is 25.3 Å². The maximum Gasteiger partial charge on any atom is 0.237 e. The lowest BCUT2D eigenvalue weighted by Gasteiger charge is -2.26. The van der Waals surface area contributed by atoms with Gasteiger partial charge in [0.1, 0.15) is 12.1 Å². The van der Waals surface area contributed by atoms with Gasteiger partial charge in [-0.2, -0.15) is 0 Å². The largest absolute Gasteiger partial charge is 0.490 e. The Bertz CT molecular complexity index is 1620. The van der Waals surface area contributed by atoms with Gasteiger partial charge in [-0.3, -0.25) is 9.69 Å². The van der Waals surface area contributed by atoms with Crippen LogP contribution in [0.4, 0.5) is 11.5 Å². The molecular formula is C30H38N6O7S. The molecule has 2 aromatic carbocycles. The van der Waals surface area contributed by atoms with Crippen molar-refractivity contribution >= 4 is 38.2 Å². The van der Waals surface area contributed by atoms with Gasteiger partial charge in [-0.05, 0) is 44.5 Å². The fraction of sp³-hybridized carbons (Fsp3) is 0.500. The highest BCUT2D eigenvalue weighted by Crippen LogP contribution is 2.44. The summed E-state index contributed by atoms with van der Waals surface area (Å²) in [5, 5.41) is 7.23. The number of rotatable bonds is 5. The number of hydrogen-bond acceptors (Lipinski definition) is 12. The predicted molar refractivity (Wildman–Crippen MR) is 165 cm³/mol. The molecule has 3 aliphatic heterocycles. The molecule has 13 nitrogen and oxygen atoms in total. The van der Waals surface area contributed by atoms with Crippen LogP contribution in [0.25, 0.3) is 10.9 Å². The Hall–Kier alpha value is -3.88. The first-order chi connectivity index (χ1) is 21.3. The molecule has 0 aliphatic carbocycles. The van der Waals surface area contributed by atoms with E-state index in [-0.39, 0.29) is 30.2 Å². The number of anilines is 2. The average Bonchev–Trinajstić information content (AvgIpc) is 3.49. The van der Waals surface area contributed by atoms with Gasteiger partial charge in [-0.1, -0.05) is 6.07 Å². The lowest BCUT2D eigenvalue weighted by atomic mass is 10.1. The number of sulfone groups is 1. The number of benzene rings is 2. The molecule has 236 valence electrons. The third-order valence-electron chi connectivity index (χ3n) is 8.22. The second kappa shape index (κ2) is 13.0. The minimum Gasteiger partial charge on any atom is -0.490 e. The first-order valence-electron chi connectivity index (χ1n) is 14.9. The SMILES string of the molecule is C[C@H]1C(=O)NCCCOc2cc3c(ncnc3cc2OCCCN2CCS(=O)(=O)CC2)Nc2c(ccc3c2OCO3)CN1C. The number of ether oxygens (including phenoxy) is 4. The van der Waals surface area contributed by atoms with Crippen LogP contribution in [0.2, 0.25) is 0 Å². The molecule has 4 heterocycles. The van der Waals surface area contributed by atoms with Crippen LogP contribution in [0.3, 0.4) is 0 Å². The van der Waals surface area contributed by atoms with Crippen molar-refractivity contribution in [1.82, 2.24) is 25.1 Å². The van der Waals surface area contributed by atoms with E-state index in [1.165, 1.54) is 6.33 Å². The summed E-state index contributed by atoms with van der Waals surface area (Å²) >= 11 is 0. The van der Waals surface area contributed by atoms with Crippen molar-refractivity contribution < 1.29 is 32.2 Å². The summed E-state index contributed by atoms with van der Waals surface area (Å²) in [6.45, 7) is 5.59. The van der Waals surface area contributed by atoms with Crippen LogP contribution in [-0.4, -0.2) is 105 Å². The third kappa shape index (κ3) is 6.76. The van der Waals surface area contributed by atoms with E-state index in [9.17, 15) is 13.2 Å². The van der Waals surface area contributed by atoms with Crippen molar-refractivity contribution in [2.75, 3.05) is 70.1 Å². The highest BCUT2D eigenvalue weighted by atomic mass is 32.2. The number of likely N-dealkylation sites (N-methyl/N-ethyl adjacent to an activating group) is 1. The zero-order chi connectivity index (χ0) is 30.7. The van der Waals surface area contributed by atoms with Crippen molar-refractivity contribution in [2.24, 2.45) is 0 Å². The number of nitrogens with zero attached hydrogens (tertiary/aromatic N) is 4. The van der Waals surface area contributed by atoms with E-state index < -0.39 is 9.84 Å². The molecule has 0 spiro atoms. The minimum absolute atomic E-state index is 0.0651. The summed E-state index contributed by atoms with van der Waals surface area (Å²) < 4.78 is 47.4. The van der Waals surface area contributed by atoms with E-state index >= 15 is 0 Å². The molecule has 3 aliphatic rings. The van der Waals surface area contributed by atoms with Crippen molar-refractivity contribution in [3.63, 3.8) is 0 Å². The molecule has 0 saturated carbocycles. The van der Waals surface area contributed by atoms with E-state index in [1.807, 2.05) is 43.1 Å². The molecule has 1 amide bonds. The van der Waals surface area contributed by atoms with Gasteiger partial charge in [-0.15, -0.1) is 0 Å². The zero-order valence-electron chi connectivity index (χ0n) is 25.0. The molecule has 1 saturated heterocycles. The van der Waals surface area contributed by atoms with Gasteiger partial charge in [-0.25, -0.2) is 18.4 Å². The standard InChI is InChI=1S/C30H38N6O7S/c1-20-30(37)31-7-3-11-40-25-15-22-23(16-26(25)41-12-4-8-36-9-13-44(38,39)14-10-36)32-18-33-29(22)34-27-21(17-35(20)2)5-6-24-28(27)43-19-42-24/h5-6,15-16,18,20H,3-4,7-14,17,19H2,1-2H3,(H,31,37)(H,32,33,34)/t20-/m0/s1. The molecule has 0 radical (unpaired) electrons. The fourth-order valence-electron chi connectivity index (χ4n) is 5.45. The number of hydrogen-bond donors (Lipinski definition) is 2. The van der Waals surface area contributed by atoms with Gasteiger partial charge >= 0.3 is 0 Å². The Morgan fingerprint density at radius 3 is 2.77 bits per heavy atom. The van der Waals surface area contributed by atoms with Crippen molar-refractivity contribution in [1.29, 1.82) is 0 Å². The van der Waals surface area contributed by atoms with Crippen LogP contribution in [0.15, 0.2) is 30.6 Å². The topological polar surface area (TPSA) is 144 Å². The van der Waals surface area contributed by atoms with E-state index in [4.69, 9.17) is 18.9 Å². The number of amides is 1. The van der Waals surface area contributed by atoms with Crippen LogP contribution in [0, 0.1) is 0 Å². The van der Waals surface area contributed by atoms with E-state index in [0.717, 1.165) is 23.9 Å². The molecule has 1 atom stereocenters. The Balaban J connectivity index is 1.28. The van der Waals surface area contributed by atoms with Gasteiger partial charge < -0.3 is 34.5 Å². The number of fused-ring (bicyclic) bond motifs is 4. The zero-order valence-corrected chi connectivity index (χ0v) is 25.8. The van der Waals surface area contributed by atoms with Gasteiger partial charge in [0.05, 0.1) is 42.0 Å².